The largest absolute Gasteiger partial charge is 0.463 e. The number of sulfonamides is 1. The zero-order valence-electron chi connectivity index (χ0n) is 19.3. The summed E-state index contributed by atoms with van der Waals surface area (Å²) in [4.78, 5) is 13.1. The number of hydrogen-bond donors (Lipinski definition) is 0. The van der Waals surface area contributed by atoms with Crippen LogP contribution in [0.3, 0.4) is 0 Å². The average molecular weight is 476 g/mol. The molecular formula is C25H30ClNO4S. The van der Waals surface area contributed by atoms with E-state index in [4.69, 9.17) is 16.3 Å². The second-order valence-electron chi connectivity index (χ2n) is 9.21. The summed E-state index contributed by atoms with van der Waals surface area (Å²) < 4.78 is 34.7. The summed E-state index contributed by atoms with van der Waals surface area (Å²) in [6.45, 7) is 11.6. The zero-order valence-corrected chi connectivity index (χ0v) is 20.9. The Morgan fingerprint density at radius 2 is 1.72 bits per heavy atom. The molecule has 0 spiro atoms. The predicted octanol–water partition coefficient (Wildman–Crippen LogP) is 5.61. The van der Waals surface area contributed by atoms with Crippen LogP contribution in [0.2, 0.25) is 5.02 Å². The molecule has 172 valence electrons. The number of benzene rings is 2. The second kappa shape index (κ2) is 9.00. The number of carbonyl (C=O) groups excluding carboxylic acids is 1. The lowest BCUT2D eigenvalue weighted by atomic mass is 9.87. The van der Waals surface area contributed by atoms with E-state index in [1.54, 1.807) is 43.3 Å². The first-order valence-corrected chi connectivity index (χ1v) is 12.4. The van der Waals surface area contributed by atoms with Gasteiger partial charge in [0.2, 0.25) is 10.0 Å². The van der Waals surface area contributed by atoms with E-state index in [-0.39, 0.29) is 11.5 Å². The Morgan fingerprint density at radius 1 is 1.09 bits per heavy atom. The van der Waals surface area contributed by atoms with Crippen LogP contribution >= 0.6 is 11.6 Å². The molecule has 1 aliphatic rings. The lowest BCUT2D eigenvalue weighted by Crippen LogP contribution is -2.45. The first-order chi connectivity index (χ1) is 14.9. The molecule has 1 heterocycles. The summed E-state index contributed by atoms with van der Waals surface area (Å²) in [7, 11) is -3.96. The van der Waals surface area contributed by atoms with Gasteiger partial charge >= 0.3 is 5.97 Å². The van der Waals surface area contributed by atoms with Gasteiger partial charge in [0.15, 0.2) is 0 Å². The van der Waals surface area contributed by atoms with Gasteiger partial charge in [-0.3, -0.25) is 0 Å². The van der Waals surface area contributed by atoms with E-state index in [9.17, 15) is 13.2 Å². The van der Waals surface area contributed by atoms with Crippen molar-refractivity contribution < 1.29 is 17.9 Å². The highest BCUT2D eigenvalue weighted by Crippen LogP contribution is 2.46. The summed E-state index contributed by atoms with van der Waals surface area (Å²) in [5.41, 5.74) is 2.30. The van der Waals surface area contributed by atoms with Crippen molar-refractivity contribution in [1.29, 1.82) is 0 Å². The minimum Gasteiger partial charge on any atom is -0.463 e. The van der Waals surface area contributed by atoms with Crippen LogP contribution in [0.25, 0.3) is 0 Å². The standard InChI is InChI=1S/C25H30ClNO4S/c1-7-31-24(28)20-15-22(25(4,5)6)27(23(20)18-11-10-17(3)21(26)14-18)32(29,30)19-12-8-16(2)9-13-19/h8-15,22-23H,7H2,1-6H3/t22?,23-/m0/s1. The molecule has 0 bridgehead atoms. The lowest BCUT2D eigenvalue weighted by Gasteiger charge is -2.37. The highest BCUT2D eigenvalue weighted by Gasteiger charge is 2.50. The Balaban J connectivity index is 2.26. The fraction of sp³-hybridized carbons (Fsp3) is 0.400. The summed E-state index contributed by atoms with van der Waals surface area (Å²) in [5.74, 6) is -0.523. The Kier molecular flexibility index (Phi) is 6.89. The number of halogens is 1. The molecule has 0 saturated carbocycles. The van der Waals surface area contributed by atoms with Crippen LogP contribution in [0.1, 0.15) is 50.4 Å². The Hall–Kier alpha value is -2.15. The molecule has 0 aromatic heterocycles. The quantitative estimate of drug-likeness (QED) is 0.527. The van der Waals surface area contributed by atoms with Gasteiger partial charge in [0.1, 0.15) is 0 Å². The number of aryl methyl sites for hydroxylation is 2. The van der Waals surface area contributed by atoms with Gasteiger partial charge in [0.25, 0.3) is 0 Å². The van der Waals surface area contributed by atoms with Crippen molar-refractivity contribution >= 4 is 27.6 Å². The third-order valence-electron chi connectivity index (χ3n) is 5.67. The highest BCUT2D eigenvalue weighted by molar-refractivity contribution is 7.89. The van der Waals surface area contributed by atoms with Gasteiger partial charge in [0.05, 0.1) is 23.1 Å². The molecule has 1 unspecified atom stereocenters. The van der Waals surface area contributed by atoms with E-state index in [0.29, 0.717) is 16.2 Å². The highest BCUT2D eigenvalue weighted by atomic mass is 35.5. The number of nitrogens with zero attached hydrogens (tertiary/aromatic N) is 1. The van der Waals surface area contributed by atoms with Gasteiger partial charge in [-0.1, -0.05) is 68.3 Å². The third-order valence-corrected chi connectivity index (χ3v) is 7.94. The minimum atomic E-state index is -3.96. The van der Waals surface area contributed by atoms with Gasteiger partial charge in [-0.15, -0.1) is 0 Å². The molecule has 0 fully saturated rings. The van der Waals surface area contributed by atoms with Gasteiger partial charge in [-0.05, 0) is 55.5 Å². The van der Waals surface area contributed by atoms with Crippen LogP contribution in [0.15, 0.2) is 59.0 Å². The second-order valence-corrected chi connectivity index (χ2v) is 11.5. The van der Waals surface area contributed by atoms with Crippen molar-refractivity contribution in [2.75, 3.05) is 6.61 Å². The van der Waals surface area contributed by atoms with Crippen molar-refractivity contribution in [3.63, 3.8) is 0 Å². The molecule has 5 nitrogen and oxygen atoms in total. The van der Waals surface area contributed by atoms with Crippen LogP contribution in [-0.4, -0.2) is 31.3 Å². The Bertz CT molecular complexity index is 1150. The fourth-order valence-corrected chi connectivity index (χ4v) is 5.99. The van der Waals surface area contributed by atoms with E-state index in [1.165, 1.54) is 4.31 Å². The Labute approximate surface area is 196 Å². The van der Waals surface area contributed by atoms with Crippen molar-refractivity contribution in [3.05, 3.63) is 75.8 Å². The molecule has 0 N–H and O–H groups in total. The molecule has 2 aromatic rings. The lowest BCUT2D eigenvalue weighted by molar-refractivity contribution is -0.138. The maximum Gasteiger partial charge on any atom is 0.335 e. The van der Waals surface area contributed by atoms with Crippen LogP contribution in [0.5, 0.6) is 0 Å². The first-order valence-electron chi connectivity index (χ1n) is 10.6. The fourth-order valence-electron chi connectivity index (χ4n) is 3.88. The van der Waals surface area contributed by atoms with Gasteiger partial charge in [-0.25, -0.2) is 13.2 Å². The summed E-state index contributed by atoms with van der Waals surface area (Å²) in [6.07, 6.45) is 1.74. The minimum absolute atomic E-state index is 0.180. The molecule has 0 radical (unpaired) electrons. The SMILES string of the molecule is CCOC(=O)C1=CC(C(C)(C)C)N(S(=O)(=O)c2ccc(C)cc2)[C@H]1c1ccc(C)c(Cl)c1. The molecule has 32 heavy (non-hydrogen) atoms. The molecule has 2 atom stereocenters. The molecule has 0 aliphatic carbocycles. The van der Waals surface area contributed by atoms with E-state index in [2.05, 4.69) is 0 Å². The van der Waals surface area contributed by atoms with Crippen molar-refractivity contribution in [3.8, 4) is 0 Å². The maximum atomic E-state index is 14.0. The van der Waals surface area contributed by atoms with E-state index in [0.717, 1.165) is 11.1 Å². The smallest absolute Gasteiger partial charge is 0.335 e. The maximum absolute atomic E-state index is 14.0. The monoisotopic (exact) mass is 475 g/mol. The summed E-state index contributed by atoms with van der Waals surface area (Å²) in [5, 5.41) is 0.512. The van der Waals surface area contributed by atoms with Gasteiger partial charge in [0, 0.05) is 11.1 Å². The Morgan fingerprint density at radius 3 is 2.25 bits per heavy atom. The van der Waals surface area contributed by atoms with Crippen molar-refractivity contribution in [2.45, 2.75) is 58.5 Å². The molecule has 7 heteroatoms. The molecule has 0 amide bonds. The molecule has 0 saturated heterocycles. The van der Waals surface area contributed by atoms with E-state index < -0.39 is 33.5 Å². The summed E-state index contributed by atoms with van der Waals surface area (Å²) >= 11 is 6.40. The van der Waals surface area contributed by atoms with Gasteiger partial charge in [-0.2, -0.15) is 4.31 Å². The number of ether oxygens (including phenoxy) is 1. The molecular weight excluding hydrogens is 446 g/mol. The summed E-state index contributed by atoms with van der Waals surface area (Å²) in [6, 6.07) is 10.7. The topological polar surface area (TPSA) is 63.7 Å². The van der Waals surface area contributed by atoms with E-state index >= 15 is 0 Å². The van der Waals surface area contributed by atoms with Crippen molar-refractivity contribution in [2.24, 2.45) is 5.41 Å². The zero-order chi connectivity index (χ0) is 23.8. The van der Waals surface area contributed by atoms with Crippen LogP contribution in [0.4, 0.5) is 0 Å². The van der Waals surface area contributed by atoms with Crippen LogP contribution in [-0.2, 0) is 19.6 Å². The third kappa shape index (κ3) is 4.63. The first kappa shape index (κ1) is 24.5. The molecule has 3 rings (SSSR count). The molecule has 2 aromatic carbocycles. The van der Waals surface area contributed by atoms with Crippen LogP contribution in [0, 0.1) is 19.3 Å². The predicted molar refractivity (Wildman–Crippen MR) is 127 cm³/mol. The number of rotatable bonds is 5. The normalized spacial score (nSPS) is 19.7. The number of carbonyl (C=O) groups is 1. The number of hydrogen-bond acceptors (Lipinski definition) is 4. The number of esters is 1. The van der Waals surface area contributed by atoms with Crippen molar-refractivity contribution in [1.82, 2.24) is 4.31 Å². The average Bonchev–Trinajstić information content (AvgIpc) is 3.13. The molecule has 1 aliphatic heterocycles. The van der Waals surface area contributed by atoms with E-state index in [1.807, 2.05) is 46.8 Å². The van der Waals surface area contributed by atoms with Crippen LogP contribution < -0.4 is 0 Å². The van der Waals surface area contributed by atoms with Gasteiger partial charge < -0.3 is 4.74 Å².